The highest BCUT2D eigenvalue weighted by molar-refractivity contribution is 5.92. The van der Waals surface area contributed by atoms with Crippen LogP contribution >= 0.6 is 0 Å². The molecule has 3 aromatic rings. The van der Waals surface area contributed by atoms with Gasteiger partial charge in [0.15, 0.2) is 0 Å². The predicted octanol–water partition coefficient (Wildman–Crippen LogP) is 4.02. The Labute approximate surface area is 231 Å². The maximum absolute atomic E-state index is 13.3. The van der Waals surface area contributed by atoms with Crippen LogP contribution in [0.4, 0.5) is 19.1 Å². The van der Waals surface area contributed by atoms with Crippen LogP contribution < -0.4 is 16.0 Å². The molecule has 2 aliphatic rings. The zero-order valence-electron chi connectivity index (χ0n) is 22.3. The van der Waals surface area contributed by atoms with Crippen molar-refractivity contribution in [3.63, 3.8) is 0 Å². The number of carbonyl (C=O) groups is 1. The molecule has 0 bridgehead atoms. The fraction of sp³-hybridized carbons (Fsp3) is 0.414. The lowest BCUT2D eigenvalue weighted by Gasteiger charge is -2.38. The van der Waals surface area contributed by atoms with Gasteiger partial charge in [0.2, 0.25) is 5.95 Å². The van der Waals surface area contributed by atoms with Crippen LogP contribution in [0.3, 0.4) is 0 Å². The summed E-state index contributed by atoms with van der Waals surface area (Å²) in [4.78, 5) is 26.4. The van der Waals surface area contributed by atoms with E-state index >= 15 is 0 Å². The lowest BCUT2D eigenvalue weighted by Crippen LogP contribution is -2.50. The first kappa shape index (κ1) is 28.0. The summed E-state index contributed by atoms with van der Waals surface area (Å²) >= 11 is 0. The summed E-state index contributed by atoms with van der Waals surface area (Å²) < 4.78 is 45.3. The Morgan fingerprint density at radius 1 is 1.12 bits per heavy atom. The third kappa shape index (κ3) is 6.43. The minimum Gasteiger partial charge on any atom is -0.377 e. The number of anilines is 1. The number of ether oxygens (including phenoxy) is 1. The Hall–Kier alpha value is -3.54. The second-order valence-electron chi connectivity index (χ2n) is 10.2. The fourth-order valence-electron chi connectivity index (χ4n) is 4.98. The minimum absolute atomic E-state index is 0.119. The molecule has 212 valence electrons. The summed E-state index contributed by atoms with van der Waals surface area (Å²) in [6, 6.07) is 11.9. The van der Waals surface area contributed by atoms with Crippen molar-refractivity contribution in [1.82, 2.24) is 20.2 Å². The number of hydrogen-bond acceptors (Lipinski definition) is 7. The van der Waals surface area contributed by atoms with Gasteiger partial charge < -0.3 is 20.7 Å². The number of hydrogen-bond donors (Lipinski definition) is 2. The van der Waals surface area contributed by atoms with E-state index < -0.39 is 11.7 Å². The highest BCUT2D eigenvalue weighted by Gasteiger charge is 2.31. The molecule has 11 heteroatoms. The number of nitrogens with one attached hydrogen (secondary N) is 1. The Balaban J connectivity index is 1.21. The van der Waals surface area contributed by atoms with Gasteiger partial charge in [0.1, 0.15) is 5.69 Å². The van der Waals surface area contributed by atoms with Crippen molar-refractivity contribution in [3.8, 4) is 11.1 Å². The molecule has 2 aromatic carbocycles. The van der Waals surface area contributed by atoms with Gasteiger partial charge in [-0.15, -0.1) is 0 Å². The zero-order chi connectivity index (χ0) is 28.3. The van der Waals surface area contributed by atoms with E-state index in [0.29, 0.717) is 28.7 Å². The monoisotopic (exact) mass is 554 g/mol. The van der Waals surface area contributed by atoms with Gasteiger partial charge in [0.05, 0.1) is 17.7 Å². The second-order valence-corrected chi connectivity index (χ2v) is 10.2. The van der Waals surface area contributed by atoms with E-state index in [1.165, 1.54) is 6.07 Å². The van der Waals surface area contributed by atoms with Crippen molar-refractivity contribution in [2.75, 3.05) is 44.2 Å². The quantitative estimate of drug-likeness (QED) is 0.434. The molecular weight excluding hydrogens is 521 g/mol. The molecule has 5 rings (SSSR count). The molecule has 0 saturated carbocycles. The van der Waals surface area contributed by atoms with Gasteiger partial charge in [-0.05, 0) is 53.8 Å². The number of benzene rings is 2. The molecule has 2 aliphatic heterocycles. The van der Waals surface area contributed by atoms with E-state index in [1.807, 2.05) is 6.92 Å². The molecule has 8 nitrogen and oxygen atoms in total. The van der Waals surface area contributed by atoms with Crippen LogP contribution in [0, 0.1) is 0 Å². The van der Waals surface area contributed by atoms with E-state index in [2.05, 4.69) is 25.1 Å². The number of amides is 1. The largest absolute Gasteiger partial charge is 0.416 e. The lowest BCUT2D eigenvalue weighted by atomic mass is 9.95. The number of carbonyl (C=O) groups excluding carboxylic acids is 1. The van der Waals surface area contributed by atoms with Gasteiger partial charge in [-0.25, -0.2) is 9.97 Å². The van der Waals surface area contributed by atoms with Gasteiger partial charge in [-0.3, -0.25) is 9.69 Å². The first-order valence-electron chi connectivity index (χ1n) is 13.4. The van der Waals surface area contributed by atoms with Crippen LogP contribution in [0.1, 0.15) is 46.6 Å². The van der Waals surface area contributed by atoms with Gasteiger partial charge >= 0.3 is 6.18 Å². The average molecular weight is 555 g/mol. The van der Waals surface area contributed by atoms with Crippen molar-refractivity contribution >= 4 is 11.9 Å². The molecule has 0 unspecified atom stereocenters. The molecule has 2 saturated heterocycles. The highest BCUT2D eigenvalue weighted by Crippen LogP contribution is 2.34. The lowest BCUT2D eigenvalue weighted by molar-refractivity contribution is -0.137. The Morgan fingerprint density at radius 3 is 2.48 bits per heavy atom. The standard InChI is InChI=1S/C29H33F3N6O2/c1-19(20-2-4-21(5-3-20)25-16-23(29(30,31)32)7-6-22(25)17-33)35-27(39)26-8-10-34-28(36-26)38-13-11-37(12-14-38)18-24-9-15-40-24/h2-8,10,16,19,24H,9,11-15,17-18,33H2,1H3,(H,35,39)/t19-,24+/m1/s1. The number of rotatable bonds is 8. The van der Waals surface area contributed by atoms with Crippen LogP contribution in [0.25, 0.3) is 11.1 Å². The average Bonchev–Trinajstić information content (AvgIpc) is 2.94. The van der Waals surface area contributed by atoms with Gasteiger partial charge in [-0.1, -0.05) is 30.3 Å². The Morgan fingerprint density at radius 2 is 1.85 bits per heavy atom. The van der Waals surface area contributed by atoms with Crippen LogP contribution in [0.2, 0.25) is 0 Å². The topological polar surface area (TPSA) is 96.6 Å². The molecule has 3 heterocycles. The maximum Gasteiger partial charge on any atom is 0.416 e. The van der Waals surface area contributed by atoms with E-state index in [4.69, 9.17) is 10.5 Å². The summed E-state index contributed by atoms with van der Waals surface area (Å²) in [5.41, 5.74) is 7.81. The third-order valence-electron chi connectivity index (χ3n) is 7.51. The van der Waals surface area contributed by atoms with E-state index in [9.17, 15) is 18.0 Å². The summed E-state index contributed by atoms with van der Waals surface area (Å²) in [6.07, 6.45) is -1.39. The van der Waals surface area contributed by atoms with Crippen LogP contribution in [0.15, 0.2) is 54.7 Å². The van der Waals surface area contributed by atoms with Crippen molar-refractivity contribution in [3.05, 3.63) is 77.1 Å². The number of nitrogens with zero attached hydrogens (tertiary/aromatic N) is 4. The van der Waals surface area contributed by atoms with Crippen molar-refractivity contribution in [2.45, 2.75) is 38.2 Å². The molecule has 2 atom stereocenters. The van der Waals surface area contributed by atoms with Gasteiger partial charge in [0.25, 0.3) is 5.91 Å². The molecule has 40 heavy (non-hydrogen) atoms. The Bertz CT molecular complexity index is 1320. The smallest absolute Gasteiger partial charge is 0.377 e. The molecule has 1 aromatic heterocycles. The van der Waals surface area contributed by atoms with E-state index in [1.54, 1.807) is 36.5 Å². The van der Waals surface area contributed by atoms with Crippen LogP contribution in [-0.2, 0) is 17.5 Å². The van der Waals surface area contributed by atoms with Crippen LogP contribution in [-0.4, -0.2) is 66.2 Å². The molecule has 3 N–H and O–H groups in total. The molecule has 1 amide bonds. The number of nitrogens with two attached hydrogens (primary N) is 1. The molecular formula is C29H33F3N6O2. The number of piperazine rings is 1. The van der Waals surface area contributed by atoms with Gasteiger partial charge in [0, 0.05) is 52.1 Å². The van der Waals surface area contributed by atoms with Crippen LogP contribution in [0.5, 0.6) is 0 Å². The van der Waals surface area contributed by atoms with Crippen molar-refractivity contribution in [2.24, 2.45) is 5.73 Å². The predicted molar refractivity (Wildman–Crippen MR) is 146 cm³/mol. The molecule has 2 fully saturated rings. The summed E-state index contributed by atoms with van der Waals surface area (Å²) in [7, 11) is 0. The maximum atomic E-state index is 13.3. The minimum atomic E-state index is -4.44. The summed E-state index contributed by atoms with van der Waals surface area (Å²) in [6.45, 7) is 7.09. The molecule has 0 aliphatic carbocycles. The fourth-order valence-corrected chi connectivity index (χ4v) is 4.98. The van der Waals surface area contributed by atoms with Gasteiger partial charge in [-0.2, -0.15) is 13.2 Å². The number of aromatic nitrogens is 2. The first-order valence-corrected chi connectivity index (χ1v) is 13.4. The SMILES string of the molecule is C[C@@H](NC(=O)c1ccnc(N2CCN(C[C@@H]3CCO3)CC2)n1)c1ccc(-c2cc(C(F)(F)F)ccc2CN)cc1. The summed E-state index contributed by atoms with van der Waals surface area (Å²) in [5, 5.41) is 2.96. The first-order chi connectivity index (χ1) is 19.2. The zero-order valence-corrected chi connectivity index (χ0v) is 22.3. The number of alkyl halides is 3. The van der Waals surface area contributed by atoms with Crippen molar-refractivity contribution < 1.29 is 22.7 Å². The molecule has 0 spiro atoms. The summed E-state index contributed by atoms with van der Waals surface area (Å²) in [5.74, 6) is 0.199. The number of halogens is 3. The third-order valence-corrected chi connectivity index (χ3v) is 7.51. The normalized spacial score (nSPS) is 18.7. The second kappa shape index (κ2) is 11.9. The molecule has 0 radical (unpaired) electrons. The van der Waals surface area contributed by atoms with E-state index in [0.717, 1.165) is 63.4 Å². The highest BCUT2D eigenvalue weighted by atomic mass is 19.4. The van der Waals surface area contributed by atoms with E-state index in [-0.39, 0.29) is 24.2 Å². The Kier molecular flexibility index (Phi) is 8.34. The van der Waals surface area contributed by atoms with Crippen molar-refractivity contribution in [1.29, 1.82) is 0 Å².